The van der Waals surface area contributed by atoms with Crippen molar-refractivity contribution in [2.45, 2.75) is 19.4 Å². The molecule has 1 aliphatic rings. The van der Waals surface area contributed by atoms with Crippen LogP contribution in [0.4, 0.5) is 5.69 Å². The number of rotatable bonds is 9. The standard InChI is InChI=1S/C35H42N5OS/c1-37(2)27-17-15-26(16-18-27)35-36-33-30-13-7-5-11-28(30)29-12-6-8-14-31(29)34(33)39(35)19-9-10-22-40(3,4)25-32(41)38-20-23-42-24-21-38/h5-8,11-18H,9-10,19-25H2,1-4H3/q+1. The second-order valence-corrected chi connectivity index (χ2v) is 13.6. The van der Waals surface area contributed by atoms with E-state index >= 15 is 0 Å². The number of hydrogen-bond acceptors (Lipinski definition) is 4. The van der Waals surface area contributed by atoms with E-state index in [1.54, 1.807) is 0 Å². The molecule has 0 unspecified atom stereocenters. The molecule has 5 aromatic rings. The summed E-state index contributed by atoms with van der Waals surface area (Å²) >= 11 is 1.94. The SMILES string of the molecule is CN(C)c1ccc(-c2nc3c4ccccc4c4ccccc4c3n2CCCC[N+](C)(C)CC(=O)N2CCSCC2)cc1. The van der Waals surface area contributed by atoms with Crippen LogP contribution in [-0.2, 0) is 11.3 Å². The monoisotopic (exact) mass is 580 g/mol. The quantitative estimate of drug-likeness (QED) is 0.113. The Balaban J connectivity index is 1.32. The molecule has 1 fully saturated rings. The van der Waals surface area contributed by atoms with Crippen LogP contribution >= 0.6 is 11.8 Å². The number of quaternary nitrogens is 1. The van der Waals surface area contributed by atoms with E-state index in [1.807, 2.05) is 11.8 Å². The number of unbranched alkanes of at least 4 members (excludes halogenated alkanes) is 1. The van der Waals surface area contributed by atoms with Crippen LogP contribution < -0.4 is 4.90 Å². The van der Waals surface area contributed by atoms with Crippen molar-refractivity contribution in [3.8, 4) is 11.4 Å². The summed E-state index contributed by atoms with van der Waals surface area (Å²) in [5.74, 6) is 3.43. The van der Waals surface area contributed by atoms with Crippen LogP contribution in [0.2, 0.25) is 0 Å². The van der Waals surface area contributed by atoms with Crippen molar-refractivity contribution in [3.63, 3.8) is 0 Å². The number of amides is 1. The Morgan fingerprint density at radius 2 is 1.48 bits per heavy atom. The van der Waals surface area contributed by atoms with Gasteiger partial charge in [0.2, 0.25) is 0 Å². The predicted molar refractivity (Wildman–Crippen MR) is 179 cm³/mol. The lowest BCUT2D eigenvalue weighted by molar-refractivity contribution is -0.883. The van der Waals surface area contributed by atoms with Gasteiger partial charge in [0, 0.05) is 67.3 Å². The Morgan fingerprint density at radius 3 is 2.14 bits per heavy atom. The van der Waals surface area contributed by atoms with Crippen LogP contribution in [0.1, 0.15) is 12.8 Å². The first-order valence-electron chi connectivity index (χ1n) is 15.1. The molecule has 1 aliphatic heterocycles. The molecule has 2 heterocycles. The lowest BCUT2D eigenvalue weighted by atomic mass is 10.00. The van der Waals surface area contributed by atoms with Crippen molar-refractivity contribution >= 4 is 55.9 Å². The second-order valence-electron chi connectivity index (χ2n) is 12.3. The van der Waals surface area contributed by atoms with E-state index in [2.05, 4.69) is 115 Å². The fraction of sp³-hybridized carbons (Fsp3) is 0.371. The van der Waals surface area contributed by atoms with Crippen LogP contribution in [0.5, 0.6) is 0 Å². The lowest BCUT2D eigenvalue weighted by Gasteiger charge is -2.33. The molecule has 6 rings (SSSR count). The molecule has 6 nitrogen and oxygen atoms in total. The van der Waals surface area contributed by atoms with Crippen molar-refractivity contribution in [1.82, 2.24) is 14.5 Å². The van der Waals surface area contributed by atoms with Gasteiger partial charge in [0.05, 0.1) is 31.7 Å². The van der Waals surface area contributed by atoms with Gasteiger partial charge in [-0.05, 0) is 47.9 Å². The zero-order valence-electron chi connectivity index (χ0n) is 25.3. The highest BCUT2D eigenvalue weighted by molar-refractivity contribution is 7.99. The molecule has 0 bridgehead atoms. The summed E-state index contributed by atoms with van der Waals surface area (Å²) in [4.78, 5) is 22.5. The number of fused-ring (bicyclic) bond motifs is 6. The Hall–Kier alpha value is -3.55. The van der Waals surface area contributed by atoms with E-state index < -0.39 is 0 Å². The van der Waals surface area contributed by atoms with Gasteiger partial charge in [0.25, 0.3) is 5.91 Å². The minimum absolute atomic E-state index is 0.294. The third kappa shape index (κ3) is 5.72. The Kier molecular flexibility index (Phi) is 8.15. The number of carbonyl (C=O) groups excluding carboxylic acids is 1. The van der Waals surface area contributed by atoms with Crippen LogP contribution in [0.15, 0.2) is 72.8 Å². The molecule has 7 heteroatoms. The average molecular weight is 581 g/mol. The highest BCUT2D eigenvalue weighted by Gasteiger charge is 2.25. The van der Waals surface area contributed by atoms with Gasteiger partial charge >= 0.3 is 0 Å². The molecule has 0 aliphatic carbocycles. The summed E-state index contributed by atoms with van der Waals surface area (Å²) in [6.45, 7) is 4.19. The van der Waals surface area contributed by atoms with E-state index in [0.717, 1.165) is 71.9 Å². The van der Waals surface area contributed by atoms with E-state index in [0.29, 0.717) is 12.5 Å². The first-order chi connectivity index (χ1) is 20.3. The van der Waals surface area contributed by atoms with Crippen LogP contribution in [0.25, 0.3) is 44.0 Å². The van der Waals surface area contributed by atoms with Gasteiger partial charge in [-0.25, -0.2) is 4.98 Å². The van der Waals surface area contributed by atoms with Gasteiger partial charge in [-0.2, -0.15) is 11.8 Å². The molecule has 4 aromatic carbocycles. The lowest BCUT2D eigenvalue weighted by Crippen LogP contribution is -2.50. The molecule has 218 valence electrons. The summed E-state index contributed by atoms with van der Waals surface area (Å²) in [6, 6.07) is 26.1. The van der Waals surface area contributed by atoms with Crippen molar-refractivity contribution in [1.29, 1.82) is 0 Å². The summed E-state index contributed by atoms with van der Waals surface area (Å²) in [7, 11) is 8.53. The number of likely N-dealkylation sites (N-methyl/N-ethyl adjacent to an activating group) is 1. The van der Waals surface area contributed by atoms with Crippen molar-refractivity contribution in [3.05, 3.63) is 72.8 Å². The molecule has 0 saturated carbocycles. The topological polar surface area (TPSA) is 41.4 Å². The zero-order valence-corrected chi connectivity index (χ0v) is 26.2. The summed E-state index contributed by atoms with van der Waals surface area (Å²) in [5, 5.41) is 4.96. The first kappa shape index (κ1) is 28.6. The number of imidazole rings is 1. The van der Waals surface area contributed by atoms with E-state index in [-0.39, 0.29) is 0 Å². The maximum atomic E-state index is 13.0. The van der Waals surface area contributed by atoms with Gasteiger partial charge in [0.15, 0.2) is 6.54 Å². The smallest absolute Gasteiger partial charge is 0.277 e. The largest absolute Gasteiger partial charge is 0.378 e. The van der Waals surface area contributed by atoms with Crippen molar-refractivity contribution in [2.75, 3.05) is 70.8 Å². The second kappa shape index (κ2) is 12.0. The van der Waals surface area contributed by atoms with Gasteiger partial charge in [0.1, 0.15) is 5.82 Å². The fourth-order valence-corrected chi connectivity index (χ4v) is 7.18. The summed E-state index contributed by atoms with van der Waals surface area (Å²) in [6.07, 6.45) is 2.06. The molecule has 0 atom stereocenters. The van der Waals surface area contributed by atoms with E-state index in [9.17, 15) is 4.79 Å². The average Bonchev–Trinajstić information content (AvgIpc) is 3.39. The van der Waals surface area contributed by atoms with E-state index in [4.69, 9.17) is 4.98 Å². The highest BCUT2D eigenvalue weighted by atomic mass is 32.2. The zero-order chi connectivity index (χ0) is 29.3. The minimum atomic E-state index is 0.294. The van der Waals surface area contributed by atoms with E-state index in [1.165, 1.54) is 32.7 Å². The molecule has 1 saturated heterocycles. The van der Waals surface area contributed by atoms with Gasteiger partial charge in [-0.15, -0.1) is 0 Å². The fourth-order valence-electron chi connectivity index (χ4n) is 6.28. The normalized spacial score (nSPS) is 14.2. The maximum absolute atomic E-state index is 13.0. The molecule has 1 aromatic heterocycles. The van der Waals surface area contributed by atoms with Crippen molar-refractivity contribution in [2.24, 2.45) is 0 Å². The first-order valence-corrected chi connectivity index (χ1v) is 16.2. The number of aryl methyl sites for hydroxylation is 1. The molecule has 42 heavy (non-hydrogen) atoms. The number of hydrogen-bond donors (Lipinski definition) is 0. The Morgan fingerprint density at radius 1 is 0.857 bits per heavy atom. The number of thioether (sulfide) groups is 1. The van der Waals surface area contributed by atoms with Gasteiger partial charge < -0.3 is 18.8 Å². The number of aromatic nitrogens is 2. The molecule has 0 N–H and O–H groups in total. The minimum Gasteiger partial charge on any atom is -0.378 e. The Bertz CT molecular complexity index is 1720. The van der Waals surface area contributed by atoms with Crippen LogP contribution in [-0.4, -0.2) is 90.7 Å². The molecular formula is C35H42N5OS+. The molecule has 0 spiro atoms. The third-order valence-corrected chi connectivity index (χ3v) is 9.53. The molecule has 1 amide bonds. The number of anilines is 1. The molecular weight excluding hydrogens is 538 g/mol. The number of carbonyl (C=O) groups is 1. The number of benzene rings is 4. The third-order valence-electron chi connectivity index (χ3n) is 8.59. The van der Waals surface area contributed by atoms with Gasteiger partial charge in [-0.1, -0.05) is 48.5 Å². The number of nitrogens with zero attached hydrogens (tertiary/aromatic N) is 5. The summed E-state index contributed by atoms with van der Waals surface area (Å²) < 4.78 is 3.17. The maximum Gasteiger partial charge on any atom is 0.277 e. The predicted octanol–water partition coefficient (Wildman–Crippen LogP) is 6.51. The van der Waals surface area contributed by atoms with Crippen LogP contribution in [0.3, 0.4) is 0 Å². The van der Waals surface area contributed by atoms with Gasteiger partial charge in [-0.3, -0.25) is 4.79 Å². The molecule has 0 radical (unpaired) electrons. The summed E-state index contributed by atoms with van der Waals surface area (Å²) in [5.41, 5.74) is 4.59. The van der Waals surface area contributed by atoms with Crippen molar-refractivity contribution < 1.29 is 9.28 Å². The highest BCUT2D eigenvalue weighted by Crippen LogP contribution is 2.37. The Labute approximate surface area is 253 Å². The van der Waals surface area contributed by atoms with Crippen LogP contribution in [0, 0.1) is 0 Å².